The number of benzene rings is 2. The van der Waals surface area contributed by atoms with Crippen LogP contribution in [0.4, 0.5) is 5.69 Å². The molecule has 1 aromatic heterocycles. The molecule has 3 aromatic rings. The third-order valence-corrected chi connectivity index (χ3v) is 3.16. The van der Waals surface area contributed by atoms with Gasteiger partial charge in [-0.25, -0.2) is 4.98 Å². The third kappa shape index (κ3) is 2.36. The summed E-state index contributed by atoms with van der Waals surface area (Å²) in [5.41, 5.74) is 9.45. The van der Waals surface area contributed by atoms with Gasteiger partial charge in [-0.3, -0.25) is 0 Å². The molecule has 2 N–H and O–H groups in total. The molecule has 0 saturated heterocycles. The number of imidazole rings is 1. The molecule has 0 unspecified atom stereocenters. The average Bonchev–Trinajstić information content (AvgIpc) is 2.98. The number of nitrogens with zero attached hydrogens (tertiary/aromatic N) is 2. The summed E-state index contributed by atoms with van der Waals surface area (Å²) in [5, 5.41) is 0. The van der Waals surface area contributed by atoms with Gasteiger partial charge in [-0.05, 0) is 36.4 Å². The summed E-state index contributed by atoms with van der Waals surface area (Å²) in [4.78, 5) is 4.43. The molecule has 0 bridgehead atoms. The smallest absolute Gasteiger partial charge is 0.119 e. The molecule has 0 radical (unpaired) electrons. The first-order chi connectivity index (χ1) is 9.76. The van der Waals surface area contributed by atoms with Gasteiger partial charge in [-0.2, -0.15) is 0 Å². The molecule has 0 spiro atoms. The van der Waals surface area contributed by atoms with Gasteiger partial charge < -0.3 is 15.0 Å². The minimum Gasteiger partial charge on any atom is -0.497 e. The van der Waals surface area contributed by atoms with E-state index < -0.39 is 0 Å². The first kappa shape index (κ1) is 12.3. The van der Waals surface area contributed by atoms with Crippen molar-refractivity contribution in [2.75, 3.05) is 12.8 Å². The Bertz CT molecular complexity index is 699. The highest BCUT2D eigenvalue weighted by atomic mass is 16.5. The number of nitrogens with two attached hydrogens (primary N) is 1. The third-order valence-electron chi connectivity index (χ3n) is 3.16. The Morgan fingerprint density at radius 2 is 1.70 bits per heavy atom. The van der Waals surface area contributed by atoms with Crippen LogP contribution in [0.1, 0.15) is 0 Å². The van der Waals surface area contributed by atoms with Gasteiger partial charge in [0, 0.05) is 23.1 Å². The molecular formula is C16H15N3O. The first-order valence-electron chi connectivity index (χ1n) is 6.30. The van der Waals surface area contributed by atoms with Crippen LogP contribution in [0, 0.1) is 0 Å². The molecular weight excluding hydrogens is 250 g/mol. The number of hydrogen-bond acceptors (Lipinski definition) is 3. The van der Waals surface area contributed by atoms with Crippen LogP contribution in [0.3, 0.4) is 0 Å². The molecule has 4 nitrogen and oxygen atoms in total. The Hall–Kier alpha value is -2.75. The lowest BCUT2D eigenvalue weighted by Gasteiger charge is -2.03. The standard InChI is InChI=1S/C16H15N3O/c1-20-15-8-6-14(7-9-15)19-10-16(18-11-19)12-2-4-13(17)5-3-12/h2-11H,17H2,1H3. The molecule has 100 valence electrons. The lowest BCUT2D eigenvalue weighted by Crippen LogP contribution is -1.90. The second-order valence-corrected chi connectivity index (χ2v) is 4.49. The van der Waals surface area contributed by atoms with E-state index in [9.17, 15) is 0 Å². The predicted octanol–water partition coefficient (Wildman–Crippen LogP) is 3.13. The summed E-state index contributed by atoms with van der Waals surface area (Å²) in [6, 6.07) is 15.5. The summed E-state index contributed by atoms with van der Waals surface area (Å²) < 4.78 is 7.13. The zero-order chi connectivity index (χ0) is 13.9. The predicted molar refractivity (Wildman–Crippen MR) is 80.0 cm³/mol. The largest absolute Gasteiger partial charge is 0.497 e. The SMILES string of the molecule is COc1ccc(-n2cnc(-c3ccc(N)cc3)c2)cc1. The molecule has 0 amide bonds. The second-order valence-electron chi connectivity index (χ2n) is 4.49. The van der Waals surface area contributed by atoms with Crippen LogP contribution < -0.4 is 10.5 Å². The Morgan fingerprint density at radius 3 is 2.35 bits per heavy atom. The number of methoxy groups -OCH3 is 1. The second kappa shape index (κ2) is 5.09. The van der Waals surface area contributed by atoms with Crippen molar-refractivity contribution in [2.24, 2.45) is 0 Å². The van der Waals surface area contributed by atoms with Gasteiger partial charge in [0.05, 0.1) is 19.1 Å². The van der Waals surface area contributed by atoms with Crippen molar-refractivity contribution in [3.63, 3.8) is 0 Å². The van der Waals surface area contributed by atoms with E-state index in [-0.39, 0.29) is 0 Å². The van der Waals surface area contributed by atoms with Gasteiger partial charge in [0.15, 0.2) is 0 Å². The summed E-state index contributed by atoms with van der Waals surface area (Å²) in [6.45, 7) is 0. The maximum Gasteiger partial charge on any atom is 0.119 e. The van der Waals surface area contributed by atoms with E-state index in [0.29, 0.717) is 0 Å². The Balaban J connectivity index is 1.91. The molecule has 0 fully saturated rings. The van der Waals surface area contributed by atoms with Crippen molar-refractivity contribution in [3.8, 4) is 22.7 Å². The van der Waals surface area contributed by atoms with E-state index in [4.69, 9.17) is 10.5 Å². The molecule has 2 aromatic carbocycles. The lowest BCUT2D eigenvalue weighted by atomic mass is 10.1. The number of nitrogen functional groups attached to an aromatic ring is 1. The fourth-order valence-electron chi connectivity index (χ4n) is 2.02. The van der Waals surface area contributed by atoms with Crippen molar-refractivity contribution in [1.29, 1.82) is 0 Å². The van der Waals surface area contributed by atoms with Crippen LogP contribution in [-0.4, -0.2) is 16.7 Å². The summed E-state index contributed by atoms with van der Waals surface area (Å²) in [5.74, 6) is 0.840. The van der Waals surface area contributed by atoms with Crippen LogP contribution in [0.2, 0.25) is 0 Å². The minimum atomic E-state index is 0.753. The van der Waals surface area contributed by atoms with E-state index in [1.807, 2.05) is 59.3 Å². The maximum atomic E-state index is 5.69. The average molecular weight is 265 g/mol. The normalized spacial score (nSPS) is 10.4. The molecule has 4 heteroatoms. The van der Waals surface area contributed by atoms with Crippen LogP contribution in [-0.2, 0) is 0 Å². The fourth-order valence-corrected chi connectivity index (χ4v) is 2.02. The van der Waals surface area contributed by atoms with Crippen LogP contribution in [0.25, 0.3) is 16.9 Å². The highest BCUT2D eigenvalue weighted by molar-refractivity contribution is 5.61. The Morgan fingerprint density at radius 1 is 1.00 bits per heavy atom. The molecule has 0 saturated carbocycles. The molecule has 0 aliphatic carbocycles. The highest BCUT2D eigenvalue weighted by Gasteiger charge is 2.03. The van der Waals surface area contributed by atoms with Crippen molar-refractivity contribution >= 4 is 5.69 Å². The van der Waals surface area contributed by atoms with Gasteiger partial charge in [0.1, 0.15) is 5.75 Å². The van der Waals surface area contributed by atoms with E-state index in [0.717, 1.165) is 28.4 Å². The van der Waals surface area contributed by atoms with E-state index in [1.165, 1.54) is 0 Å². The van der Waals surface area contributed by atoms with Gasteiger partial charge in [0.2, 0.25) is 0 Å². The van der Waals surface area contributed by atoms with Crippen LogP contribution in [0.5, 0.6) is 5.75 Å². The first-order valence-corrected chi connectivity index (χ1v) is 6.30. The number of anilines is 1. The van der Waals surface area contributed by atoms with Crippen LogP contribution >= 0.6 is 0 Å². The minimum absolute atomic E-state index is 0.753. The molecule has 20 heavy (non-hydrogen) atoms. The summed E-state index contributed by atoms with van der Waals surface area (Å²) >= 11 is 0. The Kier molecular flexibility index (Phi) is 3.13. The van der Waals surface area contributed by atoms with Crippen molar-refractivity contribution < 1.29 is 4.74 Å². The zero-order valence-electron chi connectivity index (χ0n) is 11.2. The van der Waals surface area contributed by atoms with Gasteiger partial charge in [-0.15, -0.1) is 0 Å². The number of aromatic nitrogens is 2. The molecule has 0 aliphatic rings. The lowest BCUT2D eigenvalue weighted by molar-refractivity contribution is 0.415. The maximum absolute atomic E-state index is 5.69. The van der Waals surface area contributed by atoms with Gasteiger partial charge >= 0.3 is 0 Å². The van der Waals surface area contributed by atoms with Crippen molar-refractivity contribution in [3.05, 3.63) is 61.1 Å². The van der Waals surface area contributed by atoms with Gasteiger partial charge in [-0.1, -0.05) is 12.1 Å². The molecule has 3 rings (SSSR count). The molecule has 1 heterocycles. The quantitative estimate of drug-likeness (QED) is 0.740. The summed E-state index contributed by atoms with van der Waals surface area (Å²) in [6.07, 6.45) is 3.79. The van der Waals surface area contributed by atoms with Gasteiger partial charge in [0.25, 0.3) is 0 Å². The van der Waals surface area contributed by atoms with E-state index >= 15 is 0 Å². The highest BCUT2D eigenvalue weighted by Crippen LogP contribution is 2.21. The Labute approximate surface area is 117 Å². The van der Waals surface area contributed by atoms with E-state index in [2.05, 4.69) is 4.98 Å². The summed E-state index contributed by atoms with van der Waals surface area (Å²) in [7, 11) is 1.66. The topological polar surface area (TPSA) is 53.1 Å². The zero-order valence-corrected chi connectivity index (χ0v) is 11.2. The number of ether oxygens (including phenoxy) is 1. The molecule has 0 atom stereocenters. The fraction of sp³-hybridized carbons (Fsp3) is 0.0625. The molecule has 0 aliphatic heterocycles. The van der Waals surface area contributed by atoms with Crippen LogP contribution in [0.15, 0.2) is 61.1 Å². The monoisotopic (exact) mass is 265 g/mol. The van der Waals surface area contributed by atoms with Crippen molar-refractivity contribution in [2.45, 2.75) is 0 Å². The van der Waals surface area contributed by atoms with Crippen molar-refractivity contribution in [1.82, 2.24) is 9.55 Å². The van der Waals surface area contributed by atoms with E-state index in [1.54, 1.807) is 13.4 Å². The number of rotatable bonds is 3. The number of hydrogen-bond donors (Lipinski definition) is 1.